The van der Waals surface area contributed by atoms with Crippen LogP contribution >= 0.6 is 7.60 Å². The summed E-state index contributed by atoms with van der Waals surface area (Å²) in [5.74, 6) is -3.80. The topological polar surface area (TPSA) is 160 Å². The number of rotatable bonds is 14. The molecule has 0 amide bonds. The van der Waals surface area contributed by atoms with Crippen LogP contribution in [0.1, 0.15) is 18.1 Å². The summed E-state index contributed by atoms with van der Waals surface area (Å²) in [5, 5.41) is 28.4. The molecule has 0 aromatic heterocycles. The van der Waals surface area contributed by atoms with E-state index in [1.54, 1.807) is 21.6 Å². The van der Waals surface area contributed by atoms with Crippen LogP contribution in [0.3, 0.4) is 0 Å². The third-order valence-electron chi connectivity index (χ3n) is 7.44. The quantitative estimate of drug-likeness (QED) is 0.260. The molecule has 3 N–H and O–H groups in total. The maximum absolute atomic E-state index is 14.5. The summed E-state index contributed by atoms with van der Waals surface area (Å²) < 4.78 is 26.7. The molecule has 1 heterocycles. The monoisotopic (exact) mass is 634 g/mol. The van der Waals surface area contributed by atoms with Crippen molar-refractivity contribution in [3.8, 4) is 0 Å². The van der Waals surface area contributed by atoms with Gasteiger partial charge in [-0.3, -0.25) is 38.5 Å². The van der Waals surface area contributed by atoms with E-state index < -0.39 is 31.3 Å². The SMILES string of the molecule is CC(N1CCN(CC(=O)O)CCN(CC(=O)O)CCN(CC(=O)O)CC1)P(=O)(OCc1ccccc1)OCc1ccccc1. The fourth-order valence-corrected chi connectivity index (χ4v) is 6.70. The standard InChI is InChI=1S/C30H43N4O9P/c1-25(44(41,42-23-26-8-4-2-5-9-26)43-24-27-10-6-3-7-11-27)34-18-16-32(21-29(37)38)14-12-31(20-28(35)36)13-15-33(17-19-34)22-30(39)40/h2-11,25H,12-24H2,1H3,(H,35,36)(H,37,38)(H,39,40). The predicted octanol–water partition coefficient (Wildman–Crippen LogP) is 2.43. The van der Waals surface area contributed by atoms with Gasteiger partial charge in [-0.25, -0.2) is 0 Å². The molecule has 242 valence electrons. The molecule has 0 spiro atoms. The van der Waals surface area contributed by atoms with Gasteiger partial charge in [0, 0.05) is 52.4 Å². The van der Waals surface area contributed by atoms with Crippen molar-refractivity contribution >= 4 is 25.5 Å². The van der Waals surface area contributed by atoms with E-state index in [0.29, 0.717) is 13.1 Å². The summed E-state index contributed by atoms with van der Waals surface area (Å²) in [7, 11) is -3.83. The fourth-order valence-electron chi connectivity index (χ4n) is 4.90. The Morgan fingerprint density at radius 1 is 0.636 bits per heavy atom. The van der Waals surface area contributed by atoms with Gasteiger partial charge in [0.1, 0.15) is 5.78 Å². The van der Waals surface area contributed by atoms with E-state index in [0.717, 1.165) is 11.1 Å². The number of aliphatic carboxylic acids is 3. The third-order valence-corrected chi connectivity index (χ3v) is 9.66. The molecule has 2 aromatic rings. The number of carbonyl (C=O) groups is 3. The summed E-state index contributed by atoms with van der Waals surface area (Å²) in [5.41, 5.74) is 1.64. The van der Waals surface area contributed by atoms with Crippen LogP contribution < -0.4 is 0 Å². The molecule has 1 fully saturated rings. The van der Waals surface area contributed by atoms with Gasteiger partial charge in [-0.2, -0.15) is 0 Å². The van der Waals surface area contributed by atoms with Crippen molar-refractivity contribution in [3.63, 3.8) is 0 Å². The molecule has 3 rings (SSSR count). The van der Waals surface area contributed by atoms with E-state index >= 15 is 0 Å². The van der Waals surface area contributed by atoms with Crippen LogP contribution in [0.15, 0.2) is 60.7 Å². The van der Waals surface area contributed by atoms with Crippen LogP contribution in [-0.2, 0) is 41.2 Å². The average Bonchev–Trinajstić information content (AvgIpc) is 2.99. The van der Waals surface area contributed by atoms with Gasteiger partial charge in [0.25, 0.3) is 0 Å². The average molecular weight is 635 g/mol. The molecule has 1 atom stereocenters. The second-order valence-electron chi connectivity index (χ2n) is 10.7. The highest BCUT2D eigenvalue weighted by atomic mass is 31.2. The zero-order valence-electron chi connectivity index (χ0n) is 25.1. The van der Waals surface area contributed by atoms with E-state index in [1.807, 2.05) is 65.6 Å². The lowest BCUT2D eigenvalue weighted by Crippen LogP contribution is -2.50. The van der Waals surface area contributed by atoms with Crippen molar-refractivity contribution in [1.82, 2.24) is 19.6 Å². The van der Waals surface area contributed by atoms with Crippen LogP contribution in [-0.4, -0.2) is 131 Å². The summed E-state index contributed by atoms with van der Waals surface area (Å²) in [6.07, 6.45) is 0. The Hall–Kier alpha value is -3.16. The van der Waals surface area contributed by atoms with Gasteiger partial charge in [-0.1, -0.05) is 60.7 Å². The van der Waals surface area contributed by atoms with E-state index in [2.05, 4.69) is 0 Å². The maximum Gasteiger partial charge on any atom is 0.348 e. The van der Waals surface area contributed by atoms with Gasteiger partial charge in [0.2, 0.25) is 0 Å². The smallest absolute Gasteiger partial charge is 0.348 e. The highest BCUT2D eigenvalue weighted by Gasteiger charge is 2.37. The van der Waals surface area contributed by atoms with Crippen molar-refractivity contribution in [2.45, 2.75) is 25.9 Å². The number of nitrogens with zero attached hydrogens (tertiary/aromatic N) is 4. The first-order valence-electron chi connectivity index (χ1n) is 14.6. The molecular weight excluding hydrogens is 591 g/mol. The Kier molecular flexibility index (Phi) is 14.4. The molecule has 1 unspecified atom stereocenters. The zero-order chi connectivity index (χ0) is 32.0. The molecule has 0 radical (unpaired) electrons. The second-order valence-corrected chi connectivity index (χ2v) is 13.1. The Labute approximate surface area is 258 Å². The van der Waals surface area contributed by atoms with Crippen LogP contribution in [0.4, 0.5) is 0 Å². The lowest BCUT2D eigenvalue weighted by molar-refractivity contribution is -0.140. The Morgan fingerprint density at radius 2 is 0.955 bits per heavy atom. The summed E-state index contributed by atoms with van der Waals surface area (Å²) in [6.45, 7) is 3.42. The summed E-state index contributed by atoms with van der Waals surface area (Å²) in [6, 6.07) is 18.7. The minimum Gasteiger partial charge on any atom is -0.480 e. The molecule has 2 aromatic carbocycles. The summed E-state index contributed by atoms with van der Waals surface area (Å²) >= 11 is 0. The largest absolute Gasteiger partial charge is 0.480 e. The van der Waals surface area contributed by atoms with Gasteiger partial charge < -0.3 is 24.4 Å². The number of carboxylic acid groups (broad SMARTS) is 3. The molecule has 44 heavy (non-hydrogen) atoms. The highest BCUT2D eigenvalue weighted by Crippen LogP contribution is 2.55. The van der Waals surface area contributed by atoms with Crippen molar-refractivity contribution in [1.29, 1.82) is 0 Å². The predicted molar refractivity (Wildman–Crippen MR) is 163 cm³/mol. The number of hydrogen-bond acceptors (Lipinski definition) is 10. The molecule has 1 aliphatic rings. The van der Waals surface area contributed by atoms with Gasteiger partial charge >= 0.3 is 25.5 Å². The first-order valence-corrected chi connectivity index (χ1v) is 16.2. The Bertz CT molecular complexity index is 1160. The molecule has 13 nitrogen and oxygen atoms in total. The zero-order valence-corrected chi connectivity index (χ0v) is 26.0. The van der Waals surface area contributed by atoms with Crippen LogP contribution in [0, 0.1) is 0 Å². The van der Waals surface area contributed by atoms with Gasteiger partial charge in [-0.05, 0) is 18.1 Å². The Morgan fingerprint density at radius 3 is 1.27 bits per heavy atom. The van der Waals surface area contributed by atoms with E-state index in [9.17, 15) is 34.3 Å². The molecular formula is C30H43N4O9P. The maximum atomic E-state index is 14.5. The fraction of sp³-hybridized carbons (Fsp3) is 0.500. The Balaban J connectivity index is 1.87. The number of carboxylic acids is 3. The van der Waals surface area contributed by atoms with Crippen molar-refractivity contribution in [2.24, 2.45) is 0 Å². The minimum absolute atomic E-state index is 0.0563. The first-order chi connectivity index (χ1) is 21.0. The van der Waals surface area contributed by atoms with Gasteiger partial charge in [0.15, 0.2) is 0 Å². The van der Waals surface area contributed by atoms with Gasteiger partial charge in [-0.15, -0.1) is 0 Å². The van der Waals surface area contributed by atoms with Gasteiger partial charge in [0.05, 0.1) is 32.8 Å². The number of benzene rings is 2. The van der Waals surface area contributed by atoms with Crippen LogP contribution in [0.5, 0.6) is 0 Å². The molecule has 0 bridgehead atoms. The van der Waals surface area contributed by atoms with Crippen molar-refractivity contribution in [2.75, 3.05) is 72.0 Å². The van der Waals surface area contributed by atoms with E-state index in [4.69, 9.17) is 9.05 Å². The lowest BCUT2D eigenvalue weighted by Gasteiger charge is -2.37. The molecule has 1 aliphatic heterocycles. The second kappa shape index (κ2) is 18.0. The lowest BCUT2D eigenvalue weighted by atomic mass is 10.2. The van der Waals surface area contributed by atoms with Crippen LogP contribution in [0.2, 0.25) is 0 Å². The first kappa shape index (κ1) is 35.3. The molecule has 14 heteroatoms. The molecule has 0 aliphatic carbocycles. The molecule has 0 saturated carbocycles. The summed E-state index contributed by atoms with van der Waals surface area (Å²) in [4.78, 5) is 41.8. The highest BCUT2D eigenvalue weighted by molar-refractivity contribution is 7.54. The van der Waals surface area contributed by atoms with E-state index in [1.165, 1.54) is 0 Å². The van der Waals surface area contributed by atoms with E-state index in [-0.39, 0.29) is 72.1 Å². The van der Waals surface area contributed by atoms with Crippen LogP contribution in [0.25, 0.3) is 0 Å². The van der Waals surface area contributed by atoms with Crippen molar-refractivity contribution in [3.05, 3.63) is 71.8 Å². The minimum atomic E-state index is -3.83. The third kappa shape index (κ3) is 12.4. The normalized spacial score (nSPS) is 17.8. The number of hydrogen-bond donors (Lipinski definition) is 3. The van der Waals surface area contributed by atoms with Crippen molar-refractivity contribution < 1.29 is 43.3 Å². The molecule has 1 saturated heterocycles.